The maximum atomic E-state index is 13.3. The van der Waals surface area contributed by atoms with E-state index in [-0.39, 0.29) is 21.5 Å². The summed E-state index contributed by atoms with van der Waals surface area (Å²) in [7, 11) is 0. The van der Waals surface area contributed by atoms with E-state index in [9.17, 15) is 24.0 Å². The zero-order chi connectivity index (χ0) is 24.0. The molecule has 0 saturated carbocycles. The van der Waals surface area contributed by atoms with Gasteiger partial charge in [0, 0.05) is 6.54 Å². The third-order valence-electron chi connectivity index (χ3n) is 5.14. The summed E-state index contributed by atoms with van der Waals surface area (Å²) in [6.45, 7) is 3.80. The quantitative estimate of drug-likeness (QED) is 0.457. The molecule has 3 N–H and O–H groups in total. The number of halogens is 2. The number of carboxylic acid groups (broad SMARTS) is 1. The lowest BCUT2D eigenvalue weighted by Crippen LogP contribution is -2.56. The van der Waals surface area contributed by atoms with Gasteiger partial charge in [0.15, 0.2) is 0 Å². The SMILES string of the molecule is CC(C)[C@H](NC(=O)c1cccc(Cl)c1Cl)C(=O)N1CCC[C@H]1C(=O)N[C@H](C=O)CC(=O)O. The molecule has 174 valence electrons. The molecule has 1 aromatic carbocycles. The van der Waals surface area contributed by atoms with Crippen LogP contribution in [0.4, 0.5) is 0 Å². The van der Waals surface area contributed by atoms with E-state index in [0.717, 1.165) is 0 Å². The molecule has 1 aliphatic heterocycles. The van der Waals surface area contributed by atoms with E-state index in [1.54, 1.807) is 19.9 Å². The predicted molar refractivity (Wildman–Crippen MR) is 118 cm³/mol. The lowest BCUT2D eigenvalue weighted by molar-refractivity contribution is -0.142. The van der Waals surface area contributed by atoms with Crippen LogP contribution in [0.15, 0.2) is 18.2 Å². The van der Waals surface area contributed by atoms with Gasteiger partial charge >= 0.3 is 5.97 Å². The van der Waals surface area contributed by atoms with Crippen LogP contribution in [0.25, 0.3) is 0 Å². The van der Waals surface area contributed by atoms with E-state index in [4.69, 9.17) is 28.3 Å². The van der Waals surface area contributed by atoms with E-state index in [1.165, 1.54) is 17.0 Å². The normalized spacial score (nSPS) is 17.5. The van der Waals surface area contributed by atoms with Crippen LogP contribution in [0.5, 0.6) is 0 Å². The van der Waals surface area contributed by atoms with Crippen molar-refractivity contribution in [2.45, 2.75) is 51.2 Å². The minimum absolute atomic E-state index is 0.0679. The van der Waals surface area contributed by atoms with E-state index in [1.807, 2.05) is 0 Å². The number of benzene rings is 1. The number of carbonyl (C=O) groups excluding carboxylic acids is 4. The van der Waals surface area contributed by atoms with Gasteiger partial charge in [-0.1, -0.05) is 43.1 Å². The predicted octanol–water partition coefficient (Wildman–Crippen LogP) is 1.90. The smallest absolute Gasteiger partial charge is 0.305 e. The summed E-state index contributed by atoms with van der Waals surface area (Å²) in [5.41, 5.74) is 0.121. The second-order valence-electron chi connectivity index (χ2n) is 7.84. The maximum absolute atomic E-state index is 13.3. The lowest BCUT2D eigenvalue weighted by atomic mass is 10.0. The highest BCUT2D eigenvalue weighted by molar-refractivity contribution is 6.43. The molecular formula is C21H25Cl2N3O6. The van der Waals surface area contributed by atoms with Crippen LogP contribution in [0.2, 0.25) is 10.0 Å². The minimum Gasteiger partial charge on any atom is -0.481 e. The molecule has 0 aromatic heterocycles. The highest BCUT2D eigenvalue weighted by Crippen LogP contribution is 2.26. The average molecular weight is 486 g/mol. The second-order valence-corrected chi connectivity index (χ2v) is 8.62. The molecule has 0 radical (unpaired) electrons. The summed E-state index contributed by atoms with van der Waals surface area (Å²) in [6, 6.07) is 1.59. The van der Waals surface area contributed by atoms with Crippen molar-refractivity contribution in [3.63, 3.8) is 0 Å². The van der Waals surface area contributed by atoms with E-state index in [0.29, 0.717) is 25.7 Å². The number of carbonyl (C=O) groups is 5. The first kappa shape index (κ1) is 25.6. The number of aliphatic carboxylic acids is 1. The number of aldehydes is 1. The molecule has 3 atom stereocenters. The number of likely N-dealkylation sites (tertiary alicyclic amines) is 1. The molecule has 2 rings (SSSR count). The Labute approximate surface area is 195 Å². The van der Waals surface area contributed by atoms with E-state index < -0.39 is 48.2 Å². The molecule has 9 nitrogen and oxygen atoms in total. The van der Waals surface area contributed by atoms with Gasteiger partial charge in [-0.25, -0.2) is 0 Å². The lowest BCUT2D eigenvalue weighted by Gasteiger charge is -2.31. The summed E-state index contributed by atoms with van der Waals surface area (Å²) in [5, 5.41) is 14.2. The van der Waals surface area contributed by atoms with Crippen LogP contribution in [0.1, 0.15) is 43.5 Å². The van der Waals surface area contributed by atoms with E-state index >= 15 is 0 Å². The molecule has 32 heavy (non-hydrogen) atoms. The number of amides is 3. The topological polar surface area (TPSA) is 133 Å². The summed E-state index contributed by atoms with van der Waals surface area (Å²) in [5.74, 6) is -3.18. The molecule has 0 unspecified atom stereocenters. The molecular weight excluding hydrogens is 461 g/mol. The molecule has 1 aromatic rings. The van der Waals surface area contributed by atoms with Crippen LogP contribution in [0, 0.1) is 5.92 Å². The fraction of sp³-hybridized carbons (Fsp3) is 0.476. The largest absolute Gasteiger partial charge is 0.481 e. The van der Waals surface area contributed by atoms with Gasteiger partial charge in [-0.3, -0.25) is 19.2 Å². The van der Waals surface area contributed by atoms with Crippen molar-refractivity contribution >= 4 is 53.2 Å². The minimum atomic E-state index is -1.23. The van der Waals surface area contributed by atoms with Crippen LogP contribution < -0.4 is 10.6 Å². The Morgan fingerprint density at radius 2 is 1.91 bits per heavy atom. The molecule has 11 heteroatoms. The Hall–Kier alpha value is -2.65. The number of nitrogens with one attached hydrogen (secondary N) is 2. The second kappa shape index (κ2) is 11.3. The summed E-state index contributed by atoms with van der Waals surface area (Å²) >= 11 is 12.1. The van der Waals surface area contributed by atoms with Gasteiger partial charge in [0.05, 0.1) is 28.1 Å². The standard InChI is InChI=1S/C21H25Cl2N3O6/c1-11(2)18(25-19(30)13-5-3-6-14(22)17(13)23)21(32)26-8-4-7-15(26)20(31)24-12(10-27)9-16(28)29/h3,5-6,10-12,15,18H,4,7-9H2,1-2H3,(H,24,31)(H,25,30)(H,28,29)/t12-,15-,18-/m0/s1. The summed E-state index contributed by atoms with van der Waals surface area (Å²) in [4.78, 5) is 61.9. The van der Waals surface area contributed by atoms with Gasteiger partial charge in [0.25, 0.3) is 5.91 Å². The Morgan fingerprint density at radius 1 is 1.22 bits per heavy atom. The van der Waals surface area contributed by atoms with Gasteiger partial charge in [0.2, 0.25) is 11.8 Å². The molecule has 1 aliphatic rings. The van der Waals surface area contributed by atoms with E-state index in [2.05, 4.69) is 10.6 Å². The maximum Gasteiger partial charge on any atom is 0.305 e. The zero-order valence-corrected chi connectivity index (χ0v) is 19.2. The average Bonchev–Trinajstić information content (AvgIpc) is 3.22. The highest BCUT2D eigenvalue weighted by Gasteiger charge is 2.39. The van der Waals surface area contributed by atoms with Gasteiger partial charge in [-0.15, -0.1) is 0 Å². The van der Waals surface area contributed by atoms with Crippen molar-refractivity contribution in [3.8, 4) is 0 Å². The fourth-order valence-corrected chi connectivity index (χ4v) is 3.88. The van der Waals surface area contributed by atoms with Crippen molar-refractivity contribution in [1.82, 2.24) is 15.5 Å². The van der Waals surface area contributed by atoms with Crippen molar-refractivity contribution in [1.29, 1.82) is 0 Å². The van der Waals surface area contributed by atoms with Gasteiger partial charge in [-0.05, 0) is 30.9 Å². The molecule has 0 spiro atoms. The van der Waals surface area contributed by atoms with Crippen molar-refractivity contribution in [2.24, 2.45) is 5.92 Å². The summed E-state index contributed by atoms with van der Waals surface area (Å²) < 4.78 is 0. The summed E-state index contributed by atoms with van der Waals surface area (Å²) in [6.07, 6.45) is 0.697. The van der Waals surface area contributed by atoms with Gasteiger partial charge in [-0.2, -0.15) is 0 Å². The number of nitrogens with zero attached hydrogens (tertiary/aromatic N) is 1. The Kier molecular flexibility index (Phi) is 9.03. The number of carboxylic acids is 1. The van der Waals surface area contributed by atoms with Gasteiger partial charge in [0.1, 0.15) is 18.4 Å². The van der Waals surface area contributed by atoms with Crippen LogP contribution in [-0.4, -0.2) is 64.7 Å². The number of hydrogen-bond acceptors (Lipinski definition) is 5. The Morgan fingerprint density at radius 3 is 2.50 bits per heavy atom. The third kappa shape index (κ3) is 6.20. The van der Waals surface area contributed by atoms with Crippen LogP contribution in [-0.2, 0) is 19.2 Å². The van der Waals surface area contributed by atoms with Crippen molar-refractivity contribution < 1.29 is 29.1 Å². The first-order valence-corrected chi connectivity index (χ1v) is 10.8. The number of hydrogen-bond donors (Lipinski definition) is 3. The van der Waals surface area contributed by atoms with Crippen LogP contribution in [0.3, 0.4) is 0 Å². The molecule has 3 amide bonds. The Balaban J connectivity index is 2.16. The first-order valence-electron chi connectivity index (χ1n) is 10.1. The molecule has 1 saturated heterocycles. The molecule has 0 bridgehead atoms. The molecule has 1 fully saturated rings. The van der Waals surface area contributed by atoms with Crippen molar-refractivity contribution in [3.05, 3.63) is 33.8 Å². The zero-order valence-electron chi connectivity index (χ0n) is 17.6. The number of rotatable bonds is 9. The highest BCUT2D eigenvalue weighted by atomic mass is 35.5. The fourth-order valence-electron chi connectivity index (χ4n) is 3.49. The van der Waals surface area contributed by atoms with Crippen molar-refractivity contribution in [2.75, 3.05) is 6.54 Å². The molecule has 1 heterocycles. The van der Waals surface area contributed by atoms with Crippen LogP contribution >= 0.6 is 23.2 Å². The monoisotopic (exact) mass is 485 g/mol. The van der Waals surface area contributed by atoms with Gasteiger partial charge < -0.3 is 25.4 Å². The Bertz CT molecular complexity index is 908. The first-order chi connectivity index (χ1) is 15.1. The molecule has 0 aliphatic carbocycles. The third-order valence-corrected chi connectivity index (χ3v) is 5.96.